The van der Waals surface area contributed by atoms with Gasteiger partial charge in [-0.1, -0.05) is 15.9 Å². The molecule has 1 N–H and O–H groups in total. The van der Waals surface area contributed by atoms with Gasteiger partial charge in [0, 0.05) is 18.3 Å². The van der Waals surface area contributed by atoms with Crippen molar-refractivity contribution in [3.8, 4) is 0 Å². The Hall–Kier alpha value is -0.840. The van der Waals surface area contributed by atoms with Gasteiger partial charge < -0.3 is 5.32 Å². The van der Waals surface area contributed by atoms with Crippen molar-refractivity contribution < 1.29 is 4.79 Å². The number of nitrogens with one attached hydrogen (secondary N) is 1. The summed E-state index contributed by atoms with van der Waals surface area (Å²) in [5, 5.41) is 7.05. The van der Waals surface area contributed by atoms with Crippen LogP contribution >= 0.6 is 15.9 Å². The van der Waals surface area contributed by atoms with Crippen LogP contribution in [0.25, 0.3) is 0 Å². The molecule has 2 unspecified atom stereocenters. The molecule has 5 heteroatoms. The molecule has 1 heterocycles. The Morgan fingerprint density at radius 1 is 1.60 bits per heavy atom. The Kier molecular flexibility index (Phi) is 3.90. The minimum atomic E-state index is -0.170. The van der Waals surface area contributed by atoms with Crippen LogP contribution in [0, 0.1) is 6.92 Å². The van der Waals surface area contributed by atoms with Crippen molar-refractivity contribution in [3.05, 3.63) is 17.5 Å². The van der Waals surface area contributed by atoms with E-state index in [1.807, 2.05) is 20.9 Å². The highest BCUT2D eigenvalue weighted by Crippen LogP contribution is 2.16. The van der Waals surface area contributed by atoms with E-state index in [0.717, 1.165) is 11.3 Å². The van der Waals surface area contributed by atoms with E-state index in [-0.39, 0.29) is 16.8 Å². The summed E-state index contributed by atoms with van der Waals surface area (Å²) < 4.78 is 1.80. The quantitative estimate of drug-likeness (QED) is 0.853. The zero-order valence-electron chi connectivity index (χ0n) is 9.41. The molecule has 2 atom stereocenters. The molecule has 0 spiro atoms. The standard InChI is InChI=1S/C10H16BrN3O/c1-6(11)10(15)13-7(2)9-5-12-14(4)8(9)3/h5-7H,1-4H3,(H,13,15). The summed E-state index contributed by atoms with van der Waals surface area (Å²) in [6, 6.07) is -0.00815. The number of halogens is 1. The van der Waals surface area contributed by atoms with E-state index in [9.17, 15) is 4.79 Å². The van der Waals surface area contributed by atoms with Crippen LogP contribution < -0.4 is 5.32 Å². The van der Waals surface area contributed by atoms with E-state index in [2.05, 4.69) is 26.3 Å². The second-order valence-corrected chi connectivity index (χ2v) is 5.03. The number of nitrogens with zero attached hydrogens (tertiary/aromatic N) is 2. The molecule has 0 aromatic carbocycles. The minimum absolute atomic E-state index is 0.00815. The third-order valence-corrected chi connectivity index (χ3v) is 2.88. The zero-order valence-corrected chi connectivity index (χ0v) is 11.0. The molecular formula is C10H16BrN3O. The van der Waals surface area contributed by atoms with Gasteiger partial charge in [-0.3, -0.25) is 9.48 Å². The molecule has 0 bridgehead atoms. The van der Waals surface area contributed by atoms with Gasteiger partial charge in [-0.2, -0.15) is 5.10 Å². The maximum absolute atomic E-state index is 11.5. The topological polar surface area (TPSA) is 46.9 Å². The van der Waals surface area contributed by atoms with E-state index < -0.39 is 0 Å². The van der Waals surface area contributed by atoms with Crippen LogP contribution in [0.3, 0.4) is 0 Å². The summed E-state index contributed by atoms with van der Waals surface area (Å²) >= 11 is 3.23. The van der Waals surface area contributed by atoms with Crippen molar-refractivity contribution in [1.82, 2.24) is 15.1 Å². The van der Waals surface area contributed by atoms with Gasteiger partial charge in [0.25, 0.3) is 0 Å². The molecule has 0 aliphatic rings. The van der Waals surface area contributed by atoms with Gasteiger partial charge in [0.05, 0.1) is 17.1 Å². The third kappa shape index (κ3) is 2.81. The lowest BCUT2D eigenvalue weighted by Gasteiger charge is -2.14. The Morgan fingerprint density at radius 3 is 2.60 bits per heavy atom. The molecule has 84 valence electrons. The summed E-state index contributed by atoms with van der Waals surface area (Å²) in [6.45, 7) is 5.75. The van der Waals surface area contributed by atoms with Crippen LogP contribution in [0.2, 0.25) is 0 Å². The normalized spacial score (nSPS) is 14.7. The fraction of sp³-hybridized carbons (Fsp3) is 0.600. The summed E-state index contributed by atoms with van der Waals surface area (Å²) in [4.78, 5) is 11.3. The zero-order chi connectivity index (χ0) is 11.6. The maximum Gasteiger partial charge on any atom is 0.233 e. The molecule has 4 nitrogen and oxygen atoms in total. The average Bonchev–Trinajstić information content (AvgIpc) is 2.47. The molecule has 0 radical (unpaired) electrons. The Labute approximate surface area is 98.2 Å². The summed E-state index contributed by atoms with van der Waals surface area (Å²) in [5.74, 6) is -0.00856. The SMILES string of the molecule is Cc1c(C(C)NC(=O)C(C)Br)cnn1C. The molecule has 1 rings (SSSR count). The van der Waals surface area contributed by atoms with Crippen molar-refractivity contribution >= 4 is 21.8 Å². The van der Waals surface area contributed by atoms with Crippen LogP contribution in [0.1, 0.15) is 31.1 Å². The molecule has 0 aliphatic carbocycles. The number of hydrogen-bond donors (Lipinski definition) is 1. The number of alkyl halides is 1. The summed E-state index contributed by atoms with van der Waals surface area (Å²) in [5.41, 5.74) is 2.13. The molecule has 1 amide bonds. The monoisotopic (exact) mass is 273 g/mol. The lowest BCUT2D eigenvalue weighted by molar-refractivity contribution is -0.120. The molecule has 15 heavy (non-hydrogen) atoms. The first-order valence-corrected chi connectivity index (χ1v) is 5.78. The van der Waals surface area contributed by atoms with Crippen LogP contribution in [0.5, 0.6) is 0 Å². The molecule has 0 saturated carbocycles. The van der Waals surface area contributed by atoms with E-state index in [1.54, 1.807) is 17.8 Å². The van der Waals surface area contributed by atoms with E-state index in [0.29, 0.717) is 0 Å². The van der Waals surface area contributed by atoms with Crippen molar-refractivity contribution in [2.24, 2.45) is 7.05 Å². The molecule has 0 aliphatic heterocycles. The van der Waals surface area contributed by atoms with Crippen molar-refractivity contribution in [2.45, 2.75) is 31.6 Å². The molecule has 1 aromatic rings. The second kappa shape index (κ2) is 4.79. The van der Waals surface area contributed by atoms with Crippen LogP contribution in [0.15, 0.2) is 6.20 Å². The fourth-order valence-corrected chi connectivity index (χ4v) is 1.48. The van der Waals surface area contributed by atoms with Gasteiger partial charge in [0.15, 0.2) is 0 Å². The van der Waals surface area contributed by atoms with Gasteiger partial charge in [0.2, 0.25) is 5.91 Å². The number of aromatic nitrogens is 2. The van der Waals surface area contributed by atoms with Crippen LogP contribution in [-0.4, -0.2) is 20.5 Å². The second-order valence-electron chi connectivity index (χ2n) is 3.66. The van der Waals surface area contributed by atoms with E-state index in [1.165, 1.54) is 0 Å². The third-order valence-electron chi connectivity index (χ3n) is 2.46. The largest absolute Gasteiger partial charge is 0.348 e. The number of amides is 1. The summed E-state index contributed by atoms with van der Waals surface area (Å²) in [6.07, 6.45) is 1.79. The van der Waals surface area contributed by atoms with Gasteiger partial charge in [-0.15, -0.1) is 0 Å². The van der Waals surface area contributed by atoms with E-state index >= 15 is 0 Å². The average molecular weight is 274 g/mol. The Morgan fingerprint density at radius 2 is 2.20 bits per heavy atom. The van der Waals surface area contributed by atoms with Crippen LogP contribution in [0.4, 0.5) is 0 Å². The highest BCUT2D eigenvalue weighted by molar-refractivity contribution is 9.10. The van der Waals surface area contributed by atoms with Crippen molar-refractivity contribution in [2.75, 3.05) is 0 Å². The predicted molar refractivity (Wildman–Crippen MR) is 62.9 cm³/mol. The molecule has 1 aromatic heterocycles. The highest BCUT2D eigenvalue weighted by Gasteiger charge is 2.16. The van der Waals surface area contributed by atoms with Crippen LogP contribution in [-0.2, 0) is 11.8 Å². The fourth-order valence-electron chi connectivity index (χ4n) is 1.35. The predicted octanol–water partition coefficient (Wildman–Crippen LogP) is 1.69. The Balaban J connectivity index is 2.73. The number of rotatable bonds is 3. The van der Waals surface area contributed by atoms with Gasteiger partial charge in [0.1, 0.15) is 0 Å². The maximum atomic E-state index is 11.5. The first-order chi connectivity index (χ1) is 6.93. The molecule has 0 saturated heterocycles. The number of carbonyl (C=O) groups excluding carboxylic acids is 1. The smallest absolute Gasteiger partial charge is 0.233 e. The van der Waals surface area contributed by atoms with Crippen molar-refractivity contribution in [3.63, 3.8) is 0 Å². The van der Waals surface area contributed by atoms with Gasteiger partial charge in [-0.05, 0) is 20.8 Å². The number of aryl methyl sites for hydroxylation is 1. The molecule has 0 fully saturated rings. The molecular weight excluding hydrogens is 258 g/mol. The Bertz CT molecular complexity index is 360. The number of carbonyl (C=O) groups is 1. The van der Waals surface area contributed by atoms with Gasteiger partial charge in [-0.25, -0.2) is 0 Å². The first kappa shape index (κ1) is 12.2. The first-order valence-electron chi connectivity index (χ1n) is 4.86. The van der Waals surface area contributed by atoms with Crippen molar-refractivity contribution in [1.29, 1.82) is 0 Å². The minimum Gasteiger partial charge on any atom is -0.348 e. The van der Waals surface area contributed by atoms with E-state index in [4.69, 9.17) is 0 Å². The lowest BCUT2D eigenvalue weighted by atomic mass is 10.1. The summed E-state index contributed by atoms with van der Waals surface area (Å²) in [7, 11) is 1.89. The lowest BCUT2D eigenvalue weighted by Crippen LogP contribution is -2.31. The highest BCUT2D eigenvalue weighted by atomic mass is 79.9. The van der Waals surface area contributed by atoms with Gasteiger partial charge >= 0.3 is 0 Å². The number of hydrogen-bond acceptors (Lipinski definition) is 2.